The second-order valence-corrected chi connectivity index (χ2v) is 7.16. The molecule has 1 aliphatic heterocycles. The van der Waals surface area contributed by atoms with E-state index in [4.69, 9.17) is 0 Å². The minimum Gasteiger partial charge on any atom is -0.322 e. The summed E-state index contributed by atoms with van der Waals surface area (Å²) in [5, 5.41) is 3.10. The third-order valence-corrected chi connectivity index (χ3v) is 4.56. The molecule has 1 saturated heterocycles. The molecule has 1 heterocycles. The number of benzene rings is 1. The maximum atomic E-state index is 12.5. The summed E-state index contributed by atoms with van der Waals surface area (Å²) in [6, 6.07) is 8.10. The standard InChI is InChI=1S/C19H32N4O/c1-16(2)17-8-5-6-9-18(17)20-19(24)23-14-12-22(13-15-23)11-7-10-21(3)4/h5-6,8-9,16H,7,10-15H2,1-4H3,(H,20,24). The SMILES string of the molecule is CC(C)c1ccccc1NC(=O)N1CCN(CCCN(C)C)CC1. The van der Waals surface area contributed by atoms with Crippen molar-refractivity contribution < 1.29 is 4.79 Å². The van der Waals surface area contributed by atoms with Gasteiger partial charge in [0.05, 0.1) is 0 Å². The van der Waals surface area contributed by atoms with Crippen LogP contribution in [0.5, 0.6) is 0 Å². The van der Waals surface area contributed by atoms with Gasteiger partial charge in [-0.05, 0) is 51.2 Å². The quantitative estimate of drug-likeness (QED) is 0.870. The second-order valence-electron chi connectivity index (χ2n) is 7.16. The molecule has 24 heavy (non-hydrogen) atoms. The van der Waals surface area contributed by atoms with Crippen molar-refractivity contribution in [1.82, 2.24) is 14.7 Å². The van der Waals surface area contributed by atoms with Gasteiger partial charge >= 0.3 is 6.03 Å². The molecule has 0 spiro atoms. The number of anilines is 1. The van der Waals surface area contributed by atoms with Gasteiger partial charge < -0.3 is 15.1 Å². The smallest absolute Gasteiger partial charge is 0.321 e. The zero-order chi connectivity index (χ0) is 17.5. The van der Waals surface area contributed by atoms with Gasteiger partial charge in [-0.25, -0.2) is 4.79 Å². The van der Waals surface area contributed by atoms with Gasteiger partial charge in [-0.2, -0.15) is 0 Å². The van der Waals surface area contributed by atoms with Crippen LogP contribution in [0.4, 0.5) is 10.5 Å². The van der Waals surface area contributed by atoms with Crippen molar-refractivity contribution in [1.29, 1.82) is 0 Å². The Morgan fingerprint density at radius 2 is 1.83 bits per heavy atom. The van der Waals surface area contributed by atoms with Crippen molar-refractivity contribution in [3.8, 4) is 0 Å². The highest BCUT2D eigenvalue weighted by molar-refractivity contribution is 5.90. The summed E-state index contributed by atoms with van der Waals surface area (Å²) in [6.45, 7) is 10.1. The Labute approximate surface area is 146 Å². The molecule has 2 rings (SSSR count). The fraction of sp³-hybridized carbons (Fsp3) is 0.632. The highest BCUT2D eigenvalue weighted by atomic mass is 16.2. The van der Waals surface area contributed by atoms with Crippen LogP contribution in [0.3, 0.4) is 0 Å². The van der Waals surface area contributed by atoms with E-state index in [0.717, 1.165) is 45.0 Å². The largest absolute Gasteiger partial charge is 0.322 e. The van der Waals surface area contributed by atoms with Crippen LogP contribution >= 0.6 is 0 Å². The van der Waals surface area contributed by atoms with Crippen molar-refractivity contribution in [3.05, 3.63) is 29.8 Å². The normalized spacial score (nSPS) is 16.0. The van der Waals surface area contributed by atoms with Crippen molar-refractivity contribution in [3.63, 3.8) is 0 Å². The number of para-hydroxylation sites is 1. The zero-order valence-corrected chi connectivity index (χ0v) is 15.6. The van der Waals surface area contributed by atoms with Gasteiger partial charge in [0.25, 0.3) is 0 Å². The van der Waals surface area contributed by atoms with Gasteiger partial charge in [-0.1, -0.05) is 32.0 Å². The predicted octanol–water partition coefficient (Wildman–Crippen LogP) is 2.91. The van der Waals surface area contributed by atoms with E-state index in [1.165, 1.54) is 12.0 Å². The van der Waals surface area contributed by atoms with E-state index in [0.29, 0.717) is 5.92 Å². The van der Waals surface area contributed by atoms with E-state index >= 15 is 0 Å². The van der Waals surface area contributed by atoms with Crippen molar-refractivity contribution >= 4 is 11.7 Å². The Kier molecular flexibility index (Phi) is 7.06. The maximum absolute atomic E-state index is 12.5. The highest BCUT2D eigenvalue weighted by Crippen LogP contribution is 2.24. The monoisotopic (exact) mass is 332 g/mol. The van der Waals surface area contributed by atoms with Crippen LogP contribution in [-0.2, 0) is 0 Å². The lowest BCUT2D eigenvalue weighted by atomic mass is 10.0. The van der Waals surface area contributed by atoms with E-state index in [1.807, 2.05) is 23.1 Å². The van der Waals surface area contributed by atoms with Gasteiger partial charge in [-0.3, -0.25) is 4.90 Å². The minimum atomic E-state index is 0.0241. The fourth-order valence-electron chi connectivity index (χ4n) is 3.09. The first-order chi connectivity index (χ1) is 11.5. The van der Waals surface area contributed by atoms with Crippen LogP contribution in [0.1, 0.15) is 31.7 Å². The van der Waals surface area contributed by atoms with Gasteiger partial charge in [0.15, 0.2) is 0 Å². The molecule has 1 aromatic rings. The molecule has 1 aliphatic rings. The molecule has 5 nitrogen and oxygen atoms in total. The Balaban J connectivity index is 1.81. The Hall–Kier alpha value is -1.59. The molecule has 0 aromatic heterocycles. The number of rotatable bonds is 6. The fourth-order valence-corrected chi connectivity index (χ4v) is 3.09. The summed E-state index contributed by atoms with van der Waals surface area (Å²) in [6.07, 6.45) is 1.18. The number of piperazine rings is 1. The lowest BCUT2D eigenvalue weighted by molar-refractivity contribution is 0.144. The maximum Gasteiger partial charge on any atom is 0.321 e. The first-order valence-corrected chi connectivity index (χ1v) is 8.99. The number of urea groups is 1. The first-order valence-electron chi connectivity index (χ1n) is 8.99. The number of amides is 2. The third-order valence-electron chi connectivity index (χ3n) is 4.56. The van der Waals surface area contributed by atoms with Crippen LogP contribution in [0, 0.1) is 0 Å². The number of carbonyl (C=O) groups is 1. The molecule has 0 bridgehead atoms. The van der Waals surface area contributed by atoms with Crippen molar-refractivity contribution in [2.75, 3.05) is 58.7 Å². The number of nitrogens with one attached hydrogen (secondary N) is 1. The van der Waals surface area contributed by atoms with Crippen LogP contribution < -0.4 is 5.32 Å². The van der Waals surface area contributed by atoms with E-state index in [1.54, 1.807) is 0 Å². The van der Waals surface area contributed by atoms with Crippen LogP contribution in [0.25, 0.3) is 0 Å². The summed E-state index contributed by atoms with van der Waals surface area (Å²) in [4.78, 5) is 19.1. The number of hydrogen-bond acceptors (Lipinski definition) is 3. The molecular weight excluding hydrogens is 300 g/mol. The molecule has 0 radical (unpaired) electrons. The predicted molar refractivity (Wildman–Crippen MR) is 101 cm³/mol. The third kappa shape index (κ3) is 5.49. The molecule has 5 heteroatoms. The van der Waals surface area contributed by atoms with Crippen LogP contribution in [-0.4, -0.2) is 74.1 Å². The molecule has 0 unspecified atom stereocenters. The summed E-state index contributed by atoms with van der Waals surface area (Å²) < 4.78 is 0. The molecule has 0 saturated carbocycles. The van der Waals surface area contributed by atoms with E-state index < -0.39 is 0 Å². The van der Waals surface area contributed by atoms with Crippen LogP contribution in [0.2, 0.25) is 0 Å². The Morgan fingerprint density at radius 3 is 2.46 bits per heavy atom. The summed E-state index contributed by atoms with van der Waals surface area (Å²) in [7, 11) is 4.22. The molecule has 134 valence electrons. The Bertz CT molecular complexity index is 522. The average molecular weight is 332 g/mol. The Morgan fingerprint density at radius 1 is 1.17 bits per heavy atom. The van der Waals surface area contributed by atoms with Crippen LogP contribution in [0.15, 0.2) is 24.3 Å². The van der Waals surface area contributed by atoms with Gasteiger partial charge in [0.1, 0.15) is 0 Å². The lowest BCUT2D eigenvalue weighted by Gasteiger charge is -2.35. The molecular formula is C19H32N4O. The van der Waals surface area contributed by atoms with Gasteiger partial charge in [0, 0.05) is 31.9 Å². The zero-order valence-electron chi connectivity index (χ0n) is 15.6. The molecule has 2 amide bonds. The van der Waals surface area contributed by atoms with Crippen molar-refractivity contribution in [2.24, 2.45) is 0 Å². The summed E-state index contributed by atoms with van der Waals surface area (Å²) in [5.41, 5.74) is 2.12. The second kappa shape index (κ2) is 9.04. The molecule has 0 aliphatic carbocycles. The highest BCUT2D eigenvalue weighted by Gasteiger charge is 2.21. The van der Waals surface area contributed by atoms with E-state index in [-0.39, 0.29) is 6.03 Å². The molecule has 0 atom stereocenters. The van der Waals surface area contributed by atoms with E-state index in [2.05, 4.69) is 49.1 Å². The number of hydrogen-bond donors (Lipinski definition) is 1. The topological polar surface area (TPSA) is 38.8 Å². The van der Waals surface area contributed by atoms with E-state index in [9.17, 15) is 4.79 Å². The van der Waals surface area contributed by atoms with Gasteiger partial charge in [0.2, 0.25) is 0 Å². The molecule has 1 N–H and O–H groups in total. The van der Waals surface area contributed by atoms with Gasteiger partial charge in [-0.15, -0.1) is 0 Å². The summed E-state index contributed by atoms with van der Waals surface area (Å²) >= 11 is 0. The first kappa shape index (κ1) is 18.7. The number of carbonyl (C=O) groups excluding carboxylic acids is 1. The molecule has 1 fully saturated rings. The molecule has 1 aromatic carbocycles. The minimum absolute atomic E-state index is 0.0241. The summed E-state index contributed by atoms with van der Waals surface area (Å²) in [5.74, 6) is 0.398. The average Bonchev–Trinajstić information content (AvgIpc) is 2.55. The van der Waals surface area contributed by atoms with Crippen molar-refractivity contribution in [2.45, 2.75) is 26.2 Å². The lowest BCUT2D eigenvalue weighted by Crippen LogP contribution is -2.50. The number of nitrogens with zero attached hydrogens (tertiary/aromatic N) is 3.